The third-order valence-electron chi connectivity index (χ3n) is 2.62. The summed E-state index contributed by atoms with van der Waals surface area (Å²) >= 11 is 0. The normalized spacial score (nSPS) is 14.9. The molecule has 0 radical (unpaired) electrons. The van der Waals surface area contributed by atoms with E-state index in [4.69, 9.17) is 4.74 Å². The van der Waals surface area contributed by atoms with Crippen LogP contribution in [0.3, 0.4) is 0 Å². The molecule has 0 aliphatic rings. The maximum absolute atomic E-state index is 13.3. The van der Waals surface area contributed by atoms with Crippen molar-refractivity contribution in [1.29, 1.82) is 0 Å². The molecule has 1 unspecified atom stereocenters. The van der Waals surface area contributed by atoms with Gasteiger partial charge in [0.1, 0.15) is 11.9 Å². The molecule has 0 spiro atoms. The fraction of sp³-hybridized carbons (Fsp3) is 0.500. The van der Waals surface area contributed by atoms with Gasteiger partial charge in [0.25, 0.3) is 0 Å². The highest BCUT2D eigenvalue weighted by Gasteiger charge is 2.75. The second kappa shape index (κ2) is 5.70. The van der Waals surface area contributed by atoms with E-state index in [2.05, 4.69) is 0 Å². The van der Waals surface area contributed by atoms with Gasteiger partial charge in [-0.05, 0) is 24.6 Å². The van der Waals surface area contributed by atoms with Gasteiger partial charge in [0.05, 0.1) is 6.61 Å². The van der Waals surface area contributed by atoms with Crippen molar-refractivity contribution in [2.75, 3.05) is 6.61 Å². The van der Waals surface area contributed by atoms with Crippen LogP contribution in [0, 0.1) is 0 Å². The monoisotopic (exact) mass is 320 g/mol. The number of alkyl halides is 7. The minimum atomic E-state index is -6.48. The van der Waals surface area contributed by atoms with Gasteiger partial charge in [-0.15, -0.1) is 0 Å². The van der Waals surface area contributed by atoms with Crippen LogP contribution in [-0.4, -0.2) is 29.7 Å². The molecule has 0 aliphatic carbocycles. The maximum Gasteiger partial charge on any atom is 0.459 e. The minimum absolute atomic E-state index is 0.194. The molecular formula is C12H11F7O2. The lowest BCUT2D eigenvalue weighted by Gasteiger charge is -2.31. The number of aliphatic hydroxyl groups excluding tert-OH is 1. The van der Waals surface area contributed by atoms with Gasteiger partial charge in [0, 0.05) is 0 Å². The molecule has 0 saturated heterocycles. The fourth-order valence-electron chi connectivity index (χ4n) is 1.48. The van der Waals surface area contributed by atoms with E-state index >= 15 is 0 Å². The molecule has 1 aromatic rings. The van der Waals surface area contributed by atoms with E-state index < -0.39 is 29.7 Å². The summed E-state index contributed by atoms with van der Waals surface area (Å²) in [4.78, 5) is 0. The van der Waals surface area contributed by atoms with E-state index in [0.29, 0.717) is 0 Å². The van der Waals surface area contributed by atoms with Crippen molar-refractivity contribution in [3.05, 3.63) is 29.8 Å². The van der Waals surface area contributed by atoms with Crippen LogP contribution in [0.4, 0.5) is 30.7 Å². The standard InChI is InChI=1S/C12H11F7O2/c1-2-21-8-5-3-7(4-6-8)9(20)10(13,14)11(15,16)12(17,18)19/h3-6,9,20H,2H2,1H3. The van der Waals surface area contributed by atoms with Gasteiger partial charge in [0.2, 0.25) is 0 Å². The lowest BCUT2D eigenvalue weighted by Crippen LogP contribution is -2.54. The van der Waals surface area contributed by atoms with Crippen LogP contribution < -0.4 is 4.74 Å². The Bertz CT molecular complexity index is 467. The number of ether oxygens (including phenoxy) is 1. The lowest BCUT2D eigenvalue weighted by molar-refractivity contribution is -0.372. The van der Waals surface area contributed by atoms with E-state index in [-0.39, 0.29) is 12.4 Å². The first kappa shape index (κ1) is 17.5. The maximum atomic E-state index is 13.3. The smallest absolute Gasteiger partial charge is 0.459 e. The molecule has 0 amide bonds. The van der Waals surface area contributed by atoms with Crippen molar-refractivity contribution < 1.29 is 40.6 Å². The van der Waals surface area contributed by atoms with Gasteiger partial charge in [-0.25, -0.2) is 0 Å². The summed E-state index contributed by atoms with van der Waals surface area (Å²) in [7, 11) is 0. The van der Waals surface area contributed by atoms with E-state index in [1.165, 1.54) is 0 Å². The molecule has 1 rings (SSSR count). The van der Waals surface area contributed by atoms with Gasteiger partial charge >= 0.3 is 18.0 Å². The van der Waals surface area contributed by atoms with Crippen molar-refractivity contribution in [2.24, 2.45) is 0 Å². The average molecular weight is 320 g/mol. The summed E-state index contributed by atoms with van der Waals surface area (Å²) in [6.45, 7) is 1.87. The number of benzene rings is 1. The Balaban J connectivity index is 3.08. The van der Waals surface area contributed by atoms with Crippen LogP contribution >= 0.6 is 0 Å². The highest BCUT2D eigenvalue weighted by molar-refractivity contribution is 5.30. The first-order valence-electron chi connectivity index (χ1n) is 5.68. The zero-order valence-corrected chi connectivity index (χ0v) is 10.6. The molecule has 120 valence electrons. The first-order chi connectivity index (χ1) is 9.45. The molecule has 0 saturated carbocycles. The van der Waals surface area contributed by atoms with Gasteiger partial charge in [0.15, 0.2) is 0 Å². The van der Waals surface area contributed by atoms with Gasteiger partial charge < -0.3 is 9.84 Å². The van der Waals surface area contributed by atoms with Crippen molar-refractivity contribution in [3.8, 4) is 5.75 Å². The molecule has 21 heavy (non-hydrogen) atoms. The number of halogens is 7. The molecule has 0 fully saturated rings. The molecule has 2 nitrogen and oxygen atoms in total. The molecule has 1 atom stereocenters. The Hall–Kier alpha value is -1.51. The molecule has 1 N–H and O–H groups in total. The quantitative estimate of drug-likeness (QED) is 0.833. The summed E-state index contributed by atoms with van der Waals surface area (Å²) in [6.07, 6.45) is -9.80. The summed E-state index contributed by atoms with van der Waals surface area (Å²) in [5, 5.41) is 9.20. The number of hydrogen-bond acceptors (Lipinski definition) is 2. The van der Waals surface area contributed by atoms with Crippen molar-refractivity contribution in [2.45, 2.75) is 31.0 Å². The Morgan fingerprint density at radius 1 is 1.00 bits per heavy atom. The summed E-state index contributed by atoms with van der Waals surface area (Å²) < 4.78 is 93.1. The van der Waals surface area contributed by atoms with E-state index in [9.17, 15) is 35.8 Å². The summed E-state index contributed by atoms with van der Waals surface area (Å²) in [5.74, 6) is -11.9. The second-order valence-corrected chi connectivity index (χ2v) is 4.10. The number of aliphatic hydroxyl groups is 1. The minimum Gasteiger partial charge on any atom is -0.494 e. The van der Waals surface area contributed by atoms with E-state index in [1.807, 2.05) is 0 Å². The van der Waals surface area contributed by atoms with Crippen molar-refractivity contribution in [1.82, 2.24) is 0 Å². The van der Waals surface area contributed by atoms with Crippen molar-refractivity contribution in [3.63, 3.8) is 0 Å². The lowest BCUT2D eigenvalue weighted by atomic mass is 9.98. The van der Waals surface area contributed by atoms with Crippen molar-refractivity contribution >= 4 is 0 Å². The second-order valence-electron chi connectivity index (χ2n) is 4.10. The largest absolute Gasteiger partial charge is 0.494 e. The topological polar surface area (TPSA) is 29.5 Å². The average Bonchev–Trinajstić information content (AvgIpc) is 2.37. The molecule has 0 bridgehead atoms. The van der Waals surface area contributed by atoms with Gasteiger partial charge in [-0.3, -0.25) is 0 Å². The SMILES string of the molecule is CCOc1ccc(C(O)C(F)(F)C(F)(F)C(F)(F)F)cc1. The Morgan fingerprint density at radius 3 is 1.86 bits per heavy atom. The molecule has 1 aromatic carbocycles. The van der Waals surface area contributed by atoms with E-state index in [0.717, 1.165) is 24.3 Å². The summed E-state index contributed by atoms with van der Waals surface area (Å²) in [6, 6.07) is 3.72. The predicted molar refractivity (Wildman–Crippen MR) is 58.5 cm³/mol. The van der Waals surface area contributed by atoms with Crippen LogP contribution in [-0.2, 0) is 0 Å². The van der Waals surface area contributed by atoms with Crippen LogP contribution in [0.25, 0.3) is 0 Å². The molecule has 9 heteroatoms. The predicted octanol–water partition coefficient (Wildman–Crippen LogP) is 3.95. The van der Waals surface area contributed by atoms with Crippen LogP contribution in [0.2, 0.25) is 0 Å². The zero-order valence-electron chi connectivity index (χ0n) is 10.6. The number of rotatable bonds is 5. The molecule has 0 heterocycles. The van der Waals surface area contributed by atoms with Gasteiger partial charge in [-0.1, -0.05) is 12.1 Å². The Kier molecular flexibility index (Phi) is 4.76. The molecule has 0 aromatic heterocycles. The zero-order chi connectivity index (χ0) is 16.5. The fourth-order valence-corrected chi connectivity index (χ4v) is 1.48. The molecule has 0 aliphatic heterocycles. The Labute approximate surface area is 115 Å². The third kappa shape index (κ3) is 3.22. The Morgan fingerprint density at radius 2 is 1.48 bits per heavy atom. The van der Waals surface area contributed by atoms with Crippen LogP contribution in [0.15, 0.2) is 24.3 Å². The highest BCUT2D eigenvalue weighted by atomic mass is 19.4. The van der Waals surface area contributed by atoms with E-state index in [1.54, 1.807) is 6.92 Å². The highest BCUT2D eigenvalue weighted by Crippen LogP contribution is 2.51. The van der Waals surface area contributed by atoms with Gasteiger partial charge in [-0.2, -0.15) is 30.7 Å². The molecular weight excluding hydrogens is 309 g/mol. The van der Waals surface area contributed by atoms with Crippen LogP contribution in [0.1, 0.15) is 18.6 Å². The summed E-state index contributed by atoms with van der Waals surface area (Å²) in [5.41, 5.74) is -0.785. The third-order valence-corrected chi connectivity index (χ3v) is 2.62. The number of hydrogen-bond donors (Lipinski definition) is 1. The van der Waals surface area contributed by atoms with Crippen LogP contribution in [0.5, 0.6) is 5.75 Å². The first-order valence-corrected chi connectivity index (χ1v) is 5.68.